The van der Waals surface area contributed by atoms with Crippen molar-refractivity contribution in [3.05, 3.63) is 0 Å². The first-order chi connectivity index (χ1) is 10.2. The molecule has 5 saturated carbocycles. The van der Waals surface area contributed by atoms with Crippen molar-refractivity contribution in [3.63, 3.8) is 0 Å². The SMILES string of the molecule is COC(=O)C1CCCC2C1CC(C)C13CCC(CC1)CC23. The van der Waals surface area contributed by atoms with E-state index in [0.29, 0.717) is 11.3 Å². The molecule has 0 amide bonds. The number of hydrogen-bond donors (Lipinski definition) is 0. The molecule has 0 heterocycles. The lowest BCUT2D eigenvalue weighted by molar-refractivity contribution is -0.168. The van der Waals surface area contributed by atoms with Crippen molar-refractivity contribution < 1.29 is 9.53 Å². The molecule has 5 atom stereocenters. The first-order valence-electron chi connectivity index (χ1n) is 9.23. The van der Waals surface area contributed by atoms with Gasteiger partial charge in [-0.05, 0) is 86.4 Å². The van der Waals surface area contributed by atoms with Crippen LogP contribution in [0.5, 0.6) is 0 Å². The quantitative estimate of drug-likeness (QED) is 0.668. The van der Waals surface area contributed by atoms with Crippen molar-refractivity contribution >= 4 is 5.97 Å². The molecule has 21 heavy (non-hydrogen) atoms. The van der Waals surface area contributed by atoms with Crippen molar-refractivity contribution in [1.29, 1.82) is 0 Å². The third-order valence-electron chi connectivity index (χ3n) is 8.11. The van der Waals surface area contributed by atoms with Crippen LogP contribution in [-0.4, -0.2) is 13.1 Å². The number of carbonyl (C=O) groups is 1. The normalized spacial score (nSPS) is 51.9. The van der Waals surface area contributed by atoms with E-state index in [0.717, 1.165) is 30.1 Å². The van der Waals surface area contributed by atoms with Gasteiger partial charge in [0.05, 0.1) is 13.0 Å². The Morgan fingerprint density at radius 1 is 1.05 bits per heavy atom. The van der Waals surface area contributed by atoms with Crippen LogP contribution in [0.25, 0.3) is 0 Å². The highest BCUT2D eigenvalue weighted by Gasteiger charge is 2.59. The van der Waals surface area contributed by atoms with Gasteiger partial charge in [0.15, 0.2) is 0 Å². The van der Waals surface area contributed by atoms with Crippen LogP contribution in [0.1, 0.15) is 64.7 Å². The fraction of sp³-hybridized carbons (Fsp3) is 0.947. The van der Waals surface area contributed by atoms with E-state index >= 15 is 0 Å². The average molecular weight is 290 g/mol. The summed E-state index contributed by atoms with van der Waals surface area (Å²) in [6, 6.07) is 0. The summed E-state index contributed by atoms with van der Waals surface area (Å²) in [7, 11) is 1.57. The van der Waals surface area contributed by atoms with E-state index in [1.807, 2.05) is 0 Å². The second-order valence-electron chi connectivity index (χ2n) is 8.54. The lowest BCUT2D eigenvalue weighted by atomic mass is 9.41. The Balaban J connectivity index is 1.65. The van der Waals surface area contributed by atoms with Crippen molar-refractivity contribution in [2.24, 2.45) is 40.9 Å². The van der Waals surface area contributed by atoms with Gasteiger partial charge >= 0.3 is 5.97 Å². The minimum atomic E-state index is 0.0776. The molecule has 118 valence electrons. The molecule has 0 N–H and O–H groups in total. The summed E-state index contributed by atoms with van der Waals surface area (Å²) in [5.41, 5.74) is 0.647. The molecule has 0 saturated heterocycles. The minimum Gasteiger partial charge on any atom is -0.469 e. The molecular weight excluding hydrogens is 260 g/mol. The van der Waals surface area contributed by atoms with E-state index < -0.39 is 0 Å². The van der Waals surface area contributed by atoms with Gasteiger partial charge in [0.2, 0.25) is 0 Å². The standard InChI is InChI=1S/C19H30O2/c1-12-10-16-14(4-3-5-15(16)18(20)21-2)17-11-13-6-8-19(12,17)9-7-13/h12-17H,3-11H2,1-2H3. The topological polar surface area (TPSA) is 26.3 Å². The maximum Gasteiger partial charge on any atom is 0.308 e. The Morgan fingerprint density at radius 3 is 2.52 bits per heavy atom. The first kappa shape index (κ1) is 14.1. The number of fused-ring (bicyclic) bond motifs is 3. The van der Waals surface area contributed by atoms with Crippen LogP contribution in [0.3, 0.4) is 0 Å². The first-order valence-corrected chi connectivity index (χ1v) is 9.23. The van der Waals surface area contributed by atoms with E-state index in [1.54, 1.807) is 7.11 Å². The molecule has 2 heteroatoms. The number of methoxy groups -OCH3 is 1. The molecule has 2 bridgehead atoms. The Bertz CT molecular complexity index is 421. The number of esters is 1. The molecule has 5 unspecified atom stereocenters. The fourth-order valence-electron chi connectivity index (χ4n) is 7.10. The van der Waals surface area contributed by atoms with Crippen molar-refractivity contribution in [2.75, 3.05) is 7.11 Å². The second kappa shape index (κ2) is 4.99. The van der Waals surface area contributed by atoms with Crippen LogP contribution in [0.4, 0.5) is 0 Å². The van der Waals surface area contributed by atoms with Gasteiger partial charge in [-0.3, -0.25) is 4.79 Å². The molecule has 0 aliphatic heterocycles. The predicted molar refractivity (Wildman–Crippen MR) is 82.6 cm³/mol. The molecule has 2 nitrogen and oxygen atoms in total. The van der Waals surface area contributed by atoms with Gasteiger partial charge in [-0.1, -0.05) is 13.3 Å². The second-order valence-corrected chi connectivity index (χ2v) is 8.54. The van der Waals surface area contributed by atoms with Gasteiger partial charge in [0.1, 0.15) is 0 Å². The Kier molecular flexibility index (Phi) is 3.35. The highest BCUT2D eigenvalue weighted by molar-refractivity contribution is 5.72. The van der Waals surface area contributed by atoms with Crippen LogP contribution in [0.15, 0.2) is 0 Å². The molecule has 0 aromatic rings. The maximum absolute atomic E-state index is 12.2. The molecular formula is C19H30O2. The Labute approximate surface area is 129 Å². The highest BCUT2D eigenvalue weighted by atomic mass is 16.5. The Morgan fingerprint density at radius 2 is 1.81 bits per heavy atom. The summed E-state index contributed by atoms with van der Waals surface area (Å²) in [6.45, 7) is 2.50. The molecule has 0 aromatic carbocycles. The minimum absolute atomic E-state index is 0.0776. The van der Waals surface area contributed by atoms with Crippen molar-refractivity contribution in [2.45, 2.75) is 64.7 Å². The summed E-state index contributed by atoms with van der Waals surface area (Å²) < 4.78 is 5.13. The van der Waals surface area contributed by atoms with Gasteiger partial charge in [-0.15, -0.1) is 0 Å². The summed E-state index contributed by atoms with van der Waals surface area (Å²) >= 11 is 0. The molecule has 5 aliphatic rings. The van der Waals surface area contributed by atoms with Crippen LogP contribution >= 0.6 is 0 Å². The van der Waals surface area contributed by atoms with Crippen LogP contribution in [-0.2, 0) is 9.53 Å². The zero-order valence-electron chi connectivity index (χ0n) is 13.6. The summed E-state index contributed by atoms with van der Waals surface area (Å²) in [5.74, 6) is 4.46. The predicted octanol–water partition coefficient (Wildman–Crippen LogP) is 4.43. The van der Waals surface area contributed by atoms with Crippen molar-refractivity contribution in [1.82, 2.24) is 0 Å². The number of hydrogen-bond acceptors (Lipinski definition) is 2. The third kappa shape index (κ3) is 1.93. The smallest absolute Gasteiger partial charge is 0.308 e. The summed E-state index contributed by atoms with van der Waals surface area (Å²) in [4.78, 5) is 12.2. The van der Waals surface area contributed by atoms with Gasteiger partial charge in [-0.2, -0.15) is 0 Å². The molecule has 5 rings (SSSR count). The average Bonchev–Trinajstić information content (AvgIpc) is 2.54. The van der Waals surface area contributed by atoms with Crippen molar-refractivity contribution in [3.8, 4) is 0 Å². The molecule has 0 aromatic heterocycles. The third-order valence-corrected chi connectivity index (χ3v) is 8.11. The lowest BCUT2D eigenvalue weighted by Crippen LogP contribution is -2.56. The molecule has 1 spiro atoms. The highest BCUT2D eigenvalue weighted by Crippen LogP contribution is 2.67. The molecule has 0 radical (unpaired) electrons. The summed E-state index contributed by atoms with van der Waals surface area (Å²) in [5, 5.41) is 0. The number of carbonyl (C=O) groups excluding carboxylic acids is 1. The van der Waals surface area contributed by atoms with E-state index in [9.17, 15) is 4.79 Å². The Hall–Kier alpha value is -0.530. The molecule has 5 aliphatic carbocycles. The zero-order chi connectivity index (χ0) is 14.6. The fourth-order valence-corrected chi connectivity index (χ4v) is 7.10. The number of ether oxygens (including phenoxy) is 1. The number of rotatable bonds is 1. The van der Waals surface area contributed by atoms with Gasteiger partial charge in [0, 0.05) is 0 Å². The summed E-state index contributed by atoms with van der Waals surface area (Å²) in [6.07, 6.45) is 12.4. The van der Waals surface area contributed by atoms with Crippen LogP contribution in [0, 0.1) is 40.9 Å². The van der Waals surface area contributed by atoms with Crippen LogP contribution in [0.2, 0.25) is 0 Å². The van der Waals surface area contributed by atoms with Gasteiger partial charge in [0.25, 0.3) is 0 Å². The van der Waals surface area contributed by atoms with Gasteiger partial charge in [-0.25, -0.2) is 0 Å². The molecule has 5 fully saturated rings. The van der Waals surface area contributed by atoms with Crippen LogP contribution < -0.4 is 0 Å². The zero-order valence-corrected chi connectivity index (χ0v) is 13.6. The van der Waals surface area contributed by atoms with E-state index in [2.05, 4.69) is 6.92 Å². The largest absolute Gasteiger partial charge is 0.469 e. The monoisotopic (exact) mass is 290 g/mol. The van der Waals surface area contributed by atoms with E-state index in [-0.39, 0.29) is 11.9 Å². The van der Waals surface area contributed by atoms with E-state index in [4.69, 9.17) is 4.74 Å². The maximum atomic E-state index is 12.2. The van der Waals surface area contributed by atoms with E-state index in [1.165, 1.54) is 51.4 Å². The van der Waals surface area contributed by atoms with Gasteiger partial charge < -0.3 is 4.74 Å². The lowest BCUT2D eigenvalue weighted by Gasteiger charge is -2.64.